The van der Waals surface area contributed by atoms with E-state index >= 15 is 0 Å². The first-order chi connectivity index (χ1) is 8.86. The van der Waals surface area contributed by atoms with E-state index in [9.17, 15) is 0 Å². The van der Waals surface area contributed by atoms with Crippen molar-refractivity contribution in [3.05, 3.63) is 23.3 Å². The standard InChI is InChI=1S/C13H19N3OS/c14-6-9-1-2-11-10(5-9)7-15-13(16-11)12-8-18-4-3-17-12/h7,9,12H,1-6,8,14H2. The molecule has 1 aliphatic carbocycles. The first kappa shape index (κ1) is 12.4. The highest BCUT2D eigenvalue weighted by atomic mass is 32.2. The summed E-state index contributed by atoms with van der Waals surface area (Å²) in [6.45, 7) is 1.58. The van der Waals surface area contributed by atoms with Crippen molar-refractivity contribution in [2.75, 3.05) is 24.7 Å². The van der Waals surface area contributed by atoms with E-state index in [0.717, 1.165) is 49.7 Å². The Morgan fingerprint density at radius 1 is 1.50 bits per heavy atom. The molecule has 1 aromatic rings. The summed E-state index contributed by atoms with van der Waals surface area (Å²) < 4.78 is 5.73. The molecule has 0 saturated carbocycles. The van der Waals surface area contributed by atoms with Gasteiger partial charge in [0.25, 0.3) is 0 Å². The van der Waals surface area contributed by atoms with E-state index in [1.54, 1.807) is 0 Å². The van der Waals surface area contributed by atoms with Crippen LogP contribution in [0.4, 0.5) is 0 Å². The average molecular weight is 265 g/mol. The molecule has 1 aliphatic heterocycles. The monoisotopic (exact) mass is 265 g/mol. The second kappa shape index (κ2) is 5.55. The number of fused-ring (bicyclic) bond motifs is 1. The zero-order chi connectivity index (χ0) is 12.4. The van der Waals surface area contributed by atoms with Gasteiger partial charge in [-0.15, -0.1) is 0 Å². The smallest absolute Gasteiger partial charge is 0.158 e. The summed E-state index contributed by atoms with van der Waals surface area (Å²) in [5.74, 6) is 3.53. The van der Waals surface area contributed by atoms with Gasteiger partial charge in [-0.05, 0) is 37.3 Å². The first-order valence-corrected chi connectivity index (χ1v) is 7.76. The van der Waals surface area contributed by atoms with Crippen molar-refractivity contribution in [1.82, 2.24) is 9.97 Å². The number of thioether (sulfide) groups is 1. The van der Waals surface area contributed by atoms with Crippen LogP contribution in [-0.2, 0) is 17.6 Å². The van der Waals surface area contributed by atoms with Crippen LogP contribution in [0, 0.1) is 5.92 Å². The Morgan fingerprint density at radius 2 is 2.44 bits per heavy atom. The lowest BCUT2D eigenvalue weighted by atomic mass is 9.87. The zero-order valence-corrected chi connectivity index (χ0v) is 11.3. The lowest BCUT2D eigenvalue weighted by Crippen LogP contribution is -2.25. The number of nitrogens with zero attached hydrogens (tertiary/aromatic N) is 2. The Kier molecular flexibility index (Phi) is 3.82. The summed E-state index contributed by atoms with van der Waals surface area (Å²) in [5, 5.41) is 0. The van der Waals surface area contributed by atoms with Gasteiger partial charge in [0.1, 0.15) is 6.10 Å². The molecule has 2 heterocycles. The number of rotatable bonds is 2. The number of ether oxygens (including phenoxy) is 1. The van der Waals surface area contributed by atoms with Gasteiger partial charge in [-0.25, -0.2) is 9.97 Å². The van der Waals surface area contributed by atoms with E-state index in [1.807, 2.05) is 18.0 Å². The van der Waals surface area contributed by atoms with E-state index in [0.29, 0.717) is 5.92 Å². The molecule has 1 fully saturated rings. The second-order valence-corrected chi connectivity index (χ2v) is 6.13. The van der Waals surface area contributed by atoms with Crippen LogP contribution in [0.25, 0.3) is 0 Å². The van der Waals surface area contributed by atoms with E-state index in [2.05, 4.69) is 4.98 Å². The molecule has 3 rings (SSSR count). The van der Waals surface area contributed by atoms with Crippen molar-refractivity contribution < 1.29 is 4.74 Å². The molecule has 2 aliphatic rings. The number of hydrogen-bond donors (Lipinski definition) is 1. The summed E-state index contributed by atoms with van der Waals surface area (Å²) in [4.78, 5) is 9.21. The summed E-state index contributed by atoms with van der Waals surface area (Å²) in [7, 11) is 0. The minimum absolute atomic E-state index is 0.0845. The second-order valence-electron chi connectivity index (χ2n) is 4.98. The number of aryl methyl sites for hydroxylation is 1. The van der Waals surface area contributed by atoms with Gasteiger partial charge in [0.15, 0.2) is 5.82 Å². The fraction of sp³-hybridized carbons (Fsp3) is 0.692. The van der Waals surface area contributed by atoms with E-state index in [-0.39, 0.29) is 6.10 Å². The predicted molar refractivity (Wildman–Crippen MR) is 72.6 cm³/mol. The zero-order valence-electron chi connectivity index (χ0n) is 10.5. The minimum Gasteiger partial charge on any atom is -0.368 e. The number of hydrogen-bond acceptors (Lipinski definition) is 5. The molecule has 2 N–H and O–H groups in total. The minimum atomic E-state index is 0.0845. The highest BCUT2D eigenvalue weighted by Gasteiger charge is 2.23. The summed E-state index contributed by atoms with van der Waals surface area (Å²) in [5.41, 5.74) is 8.24. The highest BCUT2D eigenvalue weighted by Crippen LogP contribution is 2.27. The van der Waals surface area contributed by atoms with Crippen LogP contribution in [0.15, 0.2) is 6.20 Å². The van der Waals surface area contributed by atoms with Gasteiger partial charge in [0.05, 0.1) is 6.61 Å². The number of aromatic nitrogens is 2. The van der Waals surface area contributed by atoms with Crippen molar-refractivity contribution in [3.63, 3.8) is 0 Å². The van der Waals surface area contributed by atoms with Gasteiger partial charge in [0.2, 0.25) is 0 Å². The molecule has 18 heavy (non-hydrogen) atoms. The van der Waals surface area contributed by atoms with Gasteiger partial charge in [-0.2, -0.15) is 11.8 Å². The Balaban J connectivity index is 1.78. The molecular weight excluding hydrogens is 246 g/mol. The third-order valence-corrected chi connectivity index (χ3v) is 4.70. The van der Waals surface area contributed by atoms with E-state index < -0.39 is 0 Å². The van der Waals surface area contributed by atoms with E-state index in [4.69, 9.17) is 15.5 Å². The molecule has 0 radical (unpaired) electrons. The summed E-state index contributed by atoms with van der Waals surface area (Å²) in [6.07, 6.45) is 5.29. The SMILES string of the molecule is NCC1CCc2nc(C3CSCCO3)ncc2C1. The van der Waals surface area contributed by atoms with Crippen molar-refractivity contribution in [2.45, 2.75) is 25.4 Å². The molecule has 98 valence electrons. The fourth-order valence-electron chi connectivity index (χ4n) is 2.59. The van der Waals surface area contributed by atoms with Crippen LogP contribution in [0.1, 0.15) is 29.6 Å². The molecule has 1 saturated heterocycles. The Bertz CT molecular complexity index is 421. The largest absolute Gasteiger partial charge is 0.368 e. The maximum Gasteiger partial charge on any atom is 0.158 e. The maximum atomic E-state index is 5.74. The third-order valence-electron chi connectivity index (χ3n) is 3.71. The van der Waals surface area contributed by atoms with Gasteiger partial charge >= 0.3 is 0 Å². The molecule has 0 spiro atoms. The normalized spacial score (nSPS) is 27.8. The molecule has 1 aromatic heterocycles. The first-order valence-electron chi connectivity index (χ1n) is 6.61. The van der Waals surface area contributed by atoms with Crippen LogP contribution in [0.5, 0.6) is 0 Å². The van der Waals surface area contributed by atoms with Crippen molar-refractivity contribution >= 4 is 11.8 Å². The topological polar surface area (TPSA) is 61.0 Å². The van der Waals surface area contributed by atoms with Crippen molar-refractivity contribution in [2.24, 2.45) is 11.7 Å². The van der Waals surface area contributed by atoms with Crippen LogP contribution >= 0.6 is 11.8 Å². The fourth-order valence-corrected chi connectivity index (χ4v) is 3.43. The molecule has 0 aromatic carbocycles. The van der Waals surface area contributed by atoms with Gasteiger partial charge in [-0.3, -0.25) is 0 Å². The molecule has 4 nitrogen and oxygen atoms in total. The van der Waals surface area contributed by atoms with Crippen LogP contribution in [0.3, 0.4) is 0 Å². The third kappa shape index (κ3) is 2.53. The quantitative estimate of drug-likeness (QED) is 0.874. The van der Waals surface area contributed by atoms with Crippen LogP contribution < -0.4 is 5.73 Å². The van der Waals surface area contributed by atoms with Gasteiger partial charge in [-0.1, -0.05) is 0 Å². The van der Waals surface area contributed by atoms with Gasteiger partial charge in [0, 0.05) is 23.4 Å². The Morgan fingerprint density at radius 3 is 3.22 bits per heavy atom. The summed E-state index contributed by atoms with van der Waals surface area (Å²) in [6, 6.07) is 0. The van der Waals surface area contributed by atoms with Crippen molar-refractivity contribution in [1.29, 1.82) is 0 Å². The molecule has 0 amide bonds. The molecular formula is C13H19N3OS. The number of nitrogens with two attached hydrogens (primary N) is 1. The Labute approximate surface area is 112 Å². The Hall–Kier alpha value is -0.650. The van der Waals surface area contributed by atoms with Crippen LogP contribution in [0.2, 0.25) is 0 Å². The highest BCUT2D eigenvalue weighted by molar-refractivity contribution is 7.99. The molecule has 0 bridgehead atoms. The maximum absolute atomic E-state index is 5.74. The summed E-state index contributed by atoms with van der Waals surface area (Å²) >= 11 is 1.92. The predicted octanol–water partition coefficient (Wildman–Crippen LogP) is 1.34. The lowest BCUT2D eigenvalue weighted by Gasteiger charge is -2.25. The molecule has 2 unspecified atom stereocenters. The van der Waals surface area contributed by atoms with Gasteiger partial charge < -0.3 is 10.5 Å². The average Bonchev–Trinajstić information content (AvgIpc) is 2.47. The molecule has 2 atom stereocenters. The molecule has 5 heteroatoms. The lowest BCUT2D eigenvalue weighted by molar-refractivity contribution is 0.0691. The van der Waals surface area contributed by atoms with E-state index in [1.165, 1.54) is 11.3 Å². The van der Waals surface area contributed by atoms with Crippen molar-refractivity contribution in [3.8, 4) is 0 Å². The van der Waals surface area contributed by atoms with Crippen LogP contribution in [-0.4, -0.2) is 34.6 Å².